The highest BCUT2D eigenvalue weighted by Crippen LogP contribution is 2.42. The molecule has 3 nitrogen and oxygen atoms in total. The van der Waals surface area contributed by atoms with Gasteiger partial charge in [0.05, 0.1) is 24.3 Å². The number of aliphatic hydroxyl groups excluding tert-OH is 1. The SMILES string of the molecule is Cc1cc(C)c2c(c1)c(-c1ccccc1)c(-c1ccccc1)n2C[C@H](O)C[NH2+]CCc1ccccc1. The second-order valence-corrected chi connectivity index (χ2v) is 9.75. The lowest BCUT2D eigenvalue weighted by atomic mass is 9.97. The maximum atomic E-state index is 11.2. The van der Waals surface area contributed by atoms with E-state index in [4.69, 9.17) is 0 Å². The summed E-state index contributed by atoms with van der Waals surface area (Å²) in [4.78, 5) is 0. The van der Waals surface area contributed by atoms with E-state index in [1.54, 1.807) is 0 Å². The summed E-state index contributed by atoms with van der Waals surface area (Å²) in [5.74, 6) is 0. The number of nitrogens with two attached hydrogens (primary N) is 1. The van der Waals surface area contributed by atoms with Crippen LogP contribution in [0.1, 0.15) is 16.7 Å². The lowest BCUT2D eigenvalue weighted by Gasteiger charge is -2.17. The molecule has 0 fully saturated rings. The van der Waals surface area contributed by atoms with Crippen LogP contribution in [0.3, 0.4) is 0 Å². The van der Waals surface area contributed by atoms with E-state index in [9.17, 15) is 5.11 Å². The van der Waals surface area contributed by atoms with Crippen LogP contribution in [0.2, 0.25) is 0 Å². The fourth-order valence-electron chi connectivity index (χ4n) is 5.37. The van der Waals surface area contributed by atoms with Gasteiger partial charge in [-0.15, -0.1) is 0 Å². The lowest BCUT2D eigenvalue weighted by molar-refractivity contribution is -0.660. The minimum atomic E-state index is -0.455. The average molecular weight is 476 g/mol. The highest BCUT2D eigenvalue weighted by atomic mass is 16.3. The van der Waals surface area contributed by atoms with Crippen molar-refractivity contribution in [2.75, 3.05) is 13.1 Å². The number of nitrogens with zero attached hydrogens (tertiary/aromatic N) is 1. The quantitative estimate of drug-likeness (QED) is 0.262. The van der Waals surface area contributed by atoms with Crippen molar-refractivity contribution in [1.82, 2.24) is 4.57 Å². The topological polar surface area (TPSA) is 41.8 Å². The number of hydrogen-bond acceptors (Lipinski definition) is 1. The Hall–Kier alpha value is -3.66. The number of fused-ring (bicyclic) bond motifs is 1. The first-order chi connectivity index (χ1) is 17.6. The normalized spacial score (nSPS) is 12.2. The summed E-state index contributed by atoms with van der Waals surface area (Å²) in [5.41, 5.74) is 9.83. The van der Waals surface area contributed by atoms with Crippen LogP contribution >= 0.6 is 0 Å². The summed E-state index contributed by atoms with van der Waals surface area (Å²) in [7, 11) is 0. The summed E-state index contributed by atoms with van der Waals surface area (Å²) in [6.07, 6.45) is 0.550. The number of aliphatic hydroxyl groups is 1. The molecule has 0 amide bonds. The van der Waals surface area contributed by atoms with Gasteiger partial charge in [0.1, 0.15) is 12.6 Å². The molecular formula is C33H35N2O+. The molecule has 0 unspecified atom stereocenters. The van der Waals surface area contributed by atoms with Gasteiger partial charge >= 0.3 is 0 Å². The zero-order valence-electron chi connectivity index (χ0n) is 21.2. The zero-order chi connectivity index (χ0) is 24.9. The minimum Gasteiger partial charge on any atom is -0.385 e. The number of rotatable bonds is 9. The number of aromatic nitrogens is 1. The fraction of sp³-hybridized carbons (Fsp3) is 0.212. The van der Waals surface area contributed by atoms with Crippen LogP contribution in [0.25, 0.3) is 33.3 Å². The van der Waals surface area contributed by atoms with Gasteiger partial charge in [0.15, 0.2) is 0 Å². The van der Waals surface area contributed by atoms with Crippen molar-refractivity contribution >= 4 is 10.9 Å². The third-order valence-electron chi connectivity index (χ3n) is 6.91. The van der Waals surface area contributed by atoms with E-state index >= 15 is 0 Å². The molecule has 3 N–H and O–H groups in total. The molecule has 0 aliphatic heterocycles. The Bertz CT molecular complexity index is 1420. The first-order valence-electron chi connectivity index (χ1n) is 12.9. The highest BCUT2D eigenvalue weighted by molar-refractivity contribution is 6.06. The van der Waals surface area contributed by atoms with Crippen molar-refractivity contribution in [2.45, 2.75) is 32.9 Å². The van der Waals surface area contributed by atoms with Crippen LogP contribution in [-0.4, -0.2) is 28.9 Å². The molecular weight excluding hydrogens is 440 g/mol. The molecule has 182 valence electrons. The van der Waals surface area contributed by atoms with Crippen molar-refractivity contribution < 1.29 is 10.4 Å². The molecule has 0 bridgehead atoms. The predicted octanol–water partition coefficient (Wildman–Crippen LogP) is 5.76. The van der Waals surface area contributed by atoms with Gasteiger partial charge in [-0.05, 0) is 42.2 Å². The smallest absolute Gasteiger partial charge is 0.121 e. The van der Waals surface area contributed by atoms with E-state index in [-0.39, 0.29) is 0 Å². The average Bonchev–Trinajstić information content (AvgIpc) is 3.22. The molecule has 1 aromatic heterocycles. The summed E-state index contributed by atoms with van der Waals surface area (Å²) < 4.78 is 2.36. The summed E-state index contributed by atoms with van der Waals surface area (Å²) in [6, 6.07) is 36.4. The van der Waals surface area contributed by atoms with E-state index < -0.39 is 6.10 Å². The maximum Gasteiger partial charge on any atom is 0.121 e. The molecule has 0 spiro atoms. The summed E-state index contributed by atoms with van der Waals surface area (Å²) in [6.45, 7) is 6.54. The Labute approximate surface area is 214 Å². The molecule has 0 saturated carbocycles. The molecule has 1 heterocycles. The lowest BCUT2D eigenvalue weighted by Crippen LogP contribution is -2.87. The van der Waals surface area contributed by atoms with Gasteiger partial charge in [-0.25, -0.2) is 0 Å². The second-order valence-electron chi connectivity index (χ2n) is 9.75. The first-order valence-corrected chi connectivity index (χ1v) is 12.9. The molecule has 5 aromatic rings. The standard InChI is InChI=1S/C33H34N2O/c1-24-20-25(2)32-30(21-24)31(27-14-8-4-9-15-27)33(28-16-10-5-11-17-28)35(32)23-29(36)22-34-19-18-26-12-6-3-7-13-26/h3-17,20-21,29,34,36H,18-19,22-23H2,1-2H3/p+1/t29-/m1/s1. The monoisotopic (exact) mass is 475 g/mol. The van der Waals surface area contributed by atoms with Gasteiger partial charge in [-0.2, -0.15) is 0 Å². The van der Waals surface area contributed by atoms with Crippen LogP contribution < -0.4 is 5.32 Å². The van der Waals surface area contributed by atoms with E-state index in [0.29, 0.717) is 13.1 Å². The van der Waals surface area contributed by atoms with Crippen LogP contribution in [0.15, 0.2) is 103 Å². The van der Waals surface area contributed by atoms with Gasteiger partial charge in [-0.3, -0.25) is 0 Å². The van der Waals surface area contributed by atoms with Gasteiger partial charge in [0.2, 0.25) is 0 Å². The Morgan fingerprint density at radius 1 is 0.778 bits per heavy atom. The van der Waals surface area contributed by atoms with Gasteiger partial charge < -0.3 is 15.0 Å². The van der Waals surface area contributed by atoms with Crippen LogP contribution in [0.5, 0.6) is 0 Å². The molecule has 4 aromatic carbocycles. The van der Waals surface area contributed by atoms with E-state index in [1.165, 1.54) is 50.0 Å². The fourth-order valence-corrected chi connectivity index (χ4v) is 5.37. The first kappa shape index (κ1) is 24.1. The van der Waals surface area contributed by atoms with E-state index in [2.05, 4.69) is 127 Å². The molecule has 1 atom stereocenters. The predicted molar refractivity (Wildman–Crippen MR) is 150 cm³/mol. The van der Waals surface area contributed by atoms with Gasteiger partial charge in [0, 0.05) is 17.4 Å². The molecule has 0 aliphatic rings. The van der Waals surface area contributed by atoms with Crippen molar-refractivity contribution in [3.05, 3.63) is 120 Å². The van der Waals surface area contributed by atoms with Crippen molar-refractivity contribution in [1.29, 1.82) is 0 Å². The molecule has 0 saturated heterocycles. The Morgan fingerprint density at radius 2 is 1.39 bits per heavy atom. The molecule has 0 radical (unpaired) electrons. The minimum absolute atomic E-state index is 0.455. The highest BCUT2D eigenvalue weighted by Gasteiger charge is 2.23. The van der Waals surface area contributed by atoms with Crippen LogP contribution in [0, 0.1) is 13.8 Å². The van der Waals surface area contributed by atoms with Crippen LogP contribution in [-0.2, 0) is 13.0 Å². The summed E-state index contributed by atoms with van der Waals surface area (Å²) in [5, 5.41) is 14.7. The largest absolute Gasteiger partial charge is 0.385 e. The zero-order valence-corrected chi connectivity index (χ0v) is 21.2. The Kier molecular flexibility index (Phi) is 7.31. The number of aryl methyl sites for hydroxylation is 2. The maximum absolute atomic E-state index is 11.2. The van der Waals surface area contributed by atoms with Gasteiger partial charge in [-0.1, -0.05) is 103 Å². The van der Waals surface area contributed by atoms with Crippen molar-refractivity contribution in [3.8, 4) is 22.4 Å². The van der Waals surface area contributed by atoms with E-state index in [0.717, 1.165) is 13.0 Å². The number of hydrogen-bond donors (Lipinski definition) is 2. The summed E-state index contributed by atoms with van der Waals surface area (Å²) >= 11 is 0. The van der Waals surface area contributed by atoms with Crippen molar-refractivity contribution in [2.24, 2.45) is 0 Å². The number of quaternary nitrogens is 1. The third-order valence-corrected chi connectivity index (χ3v) is 6.91. The molecule has 3 heteroatoms. The second kappa shape index (κ2) is 10.9. The van der Waals surface area contributed by atoms with Crippen molar-refractivity contribution in [3.63, 3.8) is 0 Å². The Morgan fingerprint density at radius 3 is 2.06 bits per heavy atom. The van der Waals surface area contributed by atoms with Crippen LogP contribution in [0.4, 0.5) is 0 Å². The molecule has 0 aliphatic carbocycles. The third kappa shape index (κ3) is 5.13. The number of benzene rings is 4. The van der Waals surface area contributed by atoms with Gasteiger partial charge in [0.25, 0.3) is 0 Å². The van der Waals surface area contributed by atoms with E-state index in [1.807, 2.05) is 0 Å². The Balaban J connectivity index is 1.52. The molecule has 5 rings (SSSR count). The molecule has 36 heavy (non-hydrogen) atoms.